The van der Waals surface area contributed by atoms with E-state index in [0.29, 0.717) is 27.3 Å². The third-order valence-electron chi connectivity index (χ3n) is 4.62. The van der Waals surface area contributed by atoms with Crippen molar-refractivity contribution in [3.8, 4) is 11.5 Å². The maximum absolute atomic E-state index is 13.1. The zero-order valence-corrected chi connectivity index (χ0v) is 19.1. The van der Waals surface area contributed by atoms with Gasteiger partial charge in [0.2, 0.25) is 0 Å². The Hall–Kier alpha value is -2.84. The summed E-state index contributed by atoms with van der Waals surface area (Å²) in [7, 11) is 0. The highest BCUT2D eigenvalue weighted by Crippen LogP contribution is 2.38. The highest BCUT2D eigenvalue weighted by molar-refractivity contribution is 8.27. The van der Waals surface area contributed by atoms with Crippen LogP contribution < -0.4 is 14.4 Å². The molecule has 162 valence electrons. The van der Waals surface area contributed by atoms with E-state index in [0.717, 1.165) is 23.2 Å². The molecule has 1 aliphatic heterocycles. The summed E-state index contributed by atoms with van der Waals surface area (Å²) in [6.07, 6.45) is 1.53. The topological polar surface area (TPSA) is 76.1 Å². The van der Waals surface area contributed by atoms with Gasteiger partial charge in [-0.3, -0.25) is 9.69 Å². The molecule has 0 bridgehead atoms. The van der Waals surface area contributed by atoms with E-state index >= 15 is 0 Å². The standard InChI is InChI=1S/C23H23NO5S2/c1-4-16-8-6-7-9-17(16)24-21(25)20(31-23(24)30)13-15-10-11-18(19(12-15)28-5-2)29-14(3)22(26)27/h6-14H,4-5H2,1-3H3,(H,26,27)/b20-13+. The number of rotatable bonds is 8. The van der Waals surface area contributed by atoms with E-state index in [1.54, 1.807) is 29.2 Å². The van der Waals surface area contributed by atoms with Crippen LogP contribution in [0.15, 0.2) is 47.4 Å². The minimum absolute atomic E-state index is 0.173. The van der Waals surface area contributed by atoms with Gasteiger partial charge in [-0.25, -0.2) is 4.79 Å². The molecule has 1 N–H and O–H groups in total. The van der Waals surface area contributed by atoms with Crippen LogP contribution in [0.3, 0.4) is 0 Å². The third kappa shape index (κ3) is 5.08. The number of thioether (sulfide) groups is 1. The summed E-state index contributed by atoms with van der Waals surface area (Å²) in [4.78, 5) is 26.3. The van der Waals surface area contributed by atoms with E-state index in [9.17, 15) is 9.59 Å². The molecule has 6 nitrogen and oxygen atoms in total. The summed E-state index contributed by atoms with van der Waals surface area (Å²) in [5, 5.41) is 9.09. The van der Waals surface area contributed by atoms with Crippen molar-refractivity contribution in [1.29, 1.82) is 0 Å². The van der Waals surface area contributed by atoms with E-state index in [-0.39, 0.29) is 5.91 Å². The number of carbonyl (C=O) groups excluding carboxylic acids is 1. The van der Waals surface area contributed by atoms with E-state index in [2.05, 4.69) is 0 Å². The van der Waals surface area contributed by atoms with Gasteiger partial charge in [-0.2, -0.15) is 0 Å². The number of para-hydroxylation sites is 1. The number of hydrogen-bond donors (Lipinski definition) is 1. The lowest BCUT2D eigenvalue weighted by Gasteiger charge is -2.18. The fourth-order valence-corrected chi connectivity index (χ4v) is 4.36. The second kappa shape index (κ2) is 9.98. The summed E-state index contributed by atoms with van der Waals surface area (Å²) in [6, 6.07) is 12.8. The van der Waals surface area contributed by atoms with E-state index < -0.39 is 12.1 Å². The fourth-order valence-electron chi connectivity index (χ4n) is 3.08. The highest BCUT2D eigenvalue weighted by atomic mass is 32.2. The van der Waals surface area contributed by atoms with E-state index in [4.69, 9.17) is 26.8 Å². The van der Waals surface area contributed by atoms with Crippen molar-refractivity contribution < 1.29 is 24.2 Å². The van der Waals surface area contributed by atoms with Gasteiger partial charge in [0.15, 0.2) is 21.9 Å². The van der Waals surface area contributed by atoms with E-state index in [1.165, 1.54) is 18.7 Å². The molecule has 0 aromatic heterocycles. The van der Waals surface area contributed by atoms with E-state index in [1.807, 2.05) is 38.1 Å². The molecule has 1 atom stereocenters. The lowest BCUT2D eigenvalue weighted by molar-refractivity contribution is -0.144. The average molecular weight is 458 g/mol. The van der Waals surface area contributed by atoms with Gasteiger partial charge in [-0.15, -0.1) is 0 Å². The van der Waals surface area contributed by atoms with Gasteiger partial charge in [-0.05, 0) is 55.7 Å². The molecule has 1 unspecified atom stereocenters. The number of aliphatic carboxylic acids is 1. The first kappa shape index (κ1) is 22.8. The summed E-state index contributed by atoms with van der Waals surface area (Å²) < 4.78 is 11.6. The number of amides is 1. The predicted molar refractivity (Wildman–Crippen MR) is 127 cm³/mol. The summed E-state index contributed by atoms with van der Waals surface area (Å²) in [5.74, 6) is -0.495. The number of carboxylic acid groups (broad SMARTS) is 1. The lowest BCUT2D eigenvalue weighted by atomic mass is 10.1. The Kier molecular flexibility index (Phi) is 7.35. The molecule has 1 heterocycles. The molecule has 0 radical (unpaired) electrons. The zero-order valence-electron chi connectivity index (χ0n) is 17.5. The van der Waals surface area contributed by atoms with Crippen LogP contribution in [0.5, 0.6) is 11.5 Å². The van der Waals surface area contributed by atoms with Crippen LogP contribution in [0.1, 0.15) is 31.9 Å². The van der Waals surface area contributed by atoms with Crippen molar-refractivity contribution in [3.63, 3.8) is 0 Å². The summed E-state index contributed by atoms with van der Waals surface area (Å²) in [6.45, 7) is 5.70. The molecular weight excluding hydrogens is 434 g/mol. The van der Waals surface area contributed by atoms with Crippen molar-refractivity contribution in [1.82, 2.24) is 0 Å². The van der Waals surface area contributed by atoms with Crippen LogP contribution in [-0.4, -0.2) is 34.0 Å². The smallest absolute Gasteiger partial charge is 0.344 e. The Bertz CT molecular complexity index is 1050. The van der Waals surface area contributed by atoms with Gasteiger partial charge in [0, 0.05) is 0 Å². The summed E-state index contributed by atoms with van der Waals surface area (Å²) in [5.41, 5.74) is 2.58. The summed E-state index contributed by atoms with van der Waals surface area (Å²) >= 11 is 6.74. The Morgan fingerprint density at radius 1 is 1.23 bits per heavy atom. The molecule has 2 aromatic rings. The minimum atomic E-state index is -1.07. The lowest BCUT2D eigenvalue weighted by Crippen LogP contribution is -2.28. The van der Waals surface area contributed by atoms with Crippen LogP contribution in [0.2, 0.25) is 0 Å². The maximum Gasteiger partial charge on any atom is 0.344 e. The quantitative estimate of drug-likeness (QED) is 0.446. The molecule has 8 heteroatoms. The molecule has 1 fully saturated rings. The number of anilines is 1. The number of carboxylic acids is 1. The molecule has 0 aliphatic carbocycles. The van der Waals surface area contributed by atoms with Crippen LogP contribution >= 0.6 is 24.0 Å². The monoisotopic (exact) mass is 457 g/mol. The molecule has 1 amide bonds. The van der Waals surface area contributed by atoms with Crippen molar-refractivity contribution in [3.05, 3.63) is 58.5 Å². The Balaban J connectivity index is 1.91. The van der Waals surface area contributed by atoms with Gasteiger partial charge in [0.1, 0.15) is 0 Å². The largest absolute Gasteiger partial charge is 0.490 e. The van der Waals surface area contributed by atoms with Crippen molar-refractivity contribution in [2.75, 3.05) is 11.5 Å². The fraction of sp³-hybridized carbons (Fsp3) is 0.261. The van der Waals surface area contributed by atoms with Crippen molar-refractivity contribution >= 4 is 51.9 Å². The number of aryl methyl sites for hydroxylation is 1. The Morgan fingerprint density at radius 2 is 1.97 bits per heavy atom. The van der Waals surface area contributed by atoms with Crippen LogP contribution in [0.4, 0.5) is 5.69 Å². The molecule has 0 spiro atoms. The number of benzene rings is 2. The molecule has 1 aliphatic rings. The van der Waals surface area contributed by atoms with Crippen LogP contribution in [-0.2, 0) is 16.0 Å². The van der Waals surface area contributed by atoms with Gasteiger partial charge in [0.05, 0.1) is 17.2 Å². The van der Waals surface area contributed by atoms with Crippen molar-refractivity contribution in [2.45, 2.75) is 33.3 Å². The second-order valence-electron chi connectivity index (χ2n) is 6.74. The first-order chi connectivity index (χ1) is 14.8. The third-order valence-corrected chi connectivity index (χ3v) is 5.93. The predicted octanol–water partition coefficient (Wildman–Crippen LogP) is 4.91. The SMILES string of the molecule is CCOc1cc(/C=C2/SC(=S)N(c3ccccc3CC)C2=O)ccc1OC(C)C(=O)O. The first-order valence-corrected chi connectivity index (χ1v) is 11.1. The van der Waals surface area contributed by atoms with Crippen LogP contribution in [0, 0.1) is 0 Å². The highest BCUT2D eigenvalue weighted by Gasteiger charge is 2.34. The maximum atomic E-state index is 13.1. The molecule has 3 rings (SSSR count). The van der Waals surface area contributed by atoms with Gasteiger partial charge >= 0.3 is 5.97 Å². The van der Waals surface area contributed by atoms with Gasteiger partial charge < -0.3 is 14.6 Å². The molecule has 2 aromatic carbocycles. The number of nitrogens with zero attached hydrogens (tertiary/aromatic N) is 1. The zero-order chi connectivity index (χ0) is 22.5. The molecule has 1 saturated heterocycles. The number of hydrogen-bond acceptors (Lipinski definition) is 6. The first-order valence-electron chi connectivity index (χ1n) is 9.87. The number of ether oxygens (including phenoxy) is 2. The molecule has 31 heavy (non-hydrogen) atoms. The van der Waals surface area contributed by atoms with Crippen molar-refractivity contribution in [2.24, 2.45) is 0 Å². The second-order valence-corrected chi connectivity index (χ2v) is 8.41. The van der Waals surface area contributed by atoms with Gasteiger partial charge in [0.25, 0.3) is 5.91 Å². The average Bonchev–Trinajstić information content (AvgIpc) is 3.02. The molecule has 0 saturated carbocycles. The number of carbonyl (C=O) groups is 2. The van der Waals surface area contributed by atoms with Crippen LogP contribution in [0.25, 0.3) is 6.08 Å². The number of thiocarbonyl (C=S) groups is 1. The molecular formula is C23H23NO5S2. The Labute approximate surface area is 190 Å². The van der Waals surface area contributed by atoms with Gasteiger partial charge in [-0.1, -0.05) is 55.2 Å². The minimum Gasteiger partial charge on any atom is -0.490 e. The Morgan fingerprint density at radius 3 is 2.65 bits per heavy atom. The normalized spacial score (nSPS) is 16.0.